The number of benzene rings is 1. The Bertz CT molecular complexity index is 624. The Balaban J connectivity index is 3.24. The molecule has 0 radical (unpaired) electrons. The van der Waals surface area contributed by atoms with Crippen molar-refractivity contribution in [1.29, 1.82) is 0 Å². The quantitative estimate of drug-likeness (QED) is 0.736. The van der Waals surface area contributed by atoms with Crippen molar-refractivity contribution < 1.29 is 23.1 Å². The third kappa shape index (κ3) is 4.13. The average Bonchev–Trinajstić information content (AvgIpc) is 2.43. The van der Waals surface area contributed by atoms with Gasteiger partial charge in [0.15, 0.2) is 0 Å². The van der Waals surface area contributed by atoms with Crippen molar-refractivity contribution in [1.82, 2.24) is 4.31 Å². The first-order valence-corrected chi connectivity index (χ1v) is 7.72. The highest BCUT2D eigenvalue weighted by atomic mass is 32.2. The van der Waals surface area contributed by atoms with E-state index >= 15 is 0 Å². The molecule has 0 aliphatic heterocycles. The molecule has 0 unspecified atom stereocenters. The molecule has 1 rings (SSSR count). The number of carboxylic acids is 1. The molecular formula is C14H19NO5S. The number of aryl methyl sites for hydroxylation is 1. The summed E-state index contributed by atoms with van der Waals surface area (Å²) in [5.41, 5.74) is 0.481. The molecule has 0 saturated carbocycles. The lowest BCUT2D eigenvalue weighted by molar-refractivity contribution is 0.0696. The van der Waals surface area contributed by atoms with Gasteiger partial charge in [0.25, 0.3) is 0 Å². The number of rotatable bonds is 8. The zero-order valence-corrected chi connectivity index (χ0v) is 12.9. The van der Waals surface area contributed by atoms with E-state index in [-0.39, 0.29) is 30.2 Å². The zero-order chi connectivity index (χ0) is 16.0. The number of ether oxygens (including phenoxy) is 1. The van der Waals surface area contributed by atoms with Crippen molar-refractivity contribution in [2.75, 3.05) is 26.8 Å². The summed E-state index contributed by atoms with van der Waals surface area (Å²) in [7, 11) is -2.31. The second-order valence-corrected chi connectivity index (χ2v) is 6.36. The van der Waals surface area contributed by atoms with Gasteiger partial charge in [-0.2, -0.15) is 4.31 Å². The van der Waals surface area contributed by atoms with Gasteiger partial charge in [0.1, 0.15) is 0 Å². The first kappa shape index (κ1) is 17.4. The van der Waals surface area contributed by atoms with Crippen molar-refractivity contribution in [3.63, 3.8) is 0 Å². The predicted molar refractivity (Wildman–Crippen MR) is 79.0 cm³/mol. The first-order valence-electron chi connectivity index (χ1n) is 6.28. The largest absolute Gasteiger partial charge is 0.478 e. The third-order valence-corrected chi connectivity index (χ3v) is 4.82. The lowest BCUT2D eigenvalue weighted by atomic mass is 10.1. The summed E-state index contributed by atoms with van der Waals surface area (Å²) in [6, 6.07) is 4.06. The topological polar surface area (TPSA) is 83.9 Å². The fourth-order valence-electron chi connectivity index (χ4n) is 1.79. The second-order valence-electron chi connectivity index (χ2n) is 4.43. The molecule has 0 aliphatic carbocycles. The summed E-state index contributed by atoms with van der Waals surface area (Å²) in [6.45, 7) is 5.69. The highest BCUT2D eigenvalue weighted by Crippen LogP contribution is 2.19. The number of carboxylic acid groups (broad SMARTS) is 1. The van der Waals surface area contributed by atoms with Gasteiger partial charge in [-0.3, -0.25) is 0 Å². The van der Waals surface area contributed by atoms with E-state index in [1.165, 1.54) is 35.7 Å². The Morgan fingerprint density at radius 1 is 1.48 bits per heavy atom. The molecule has 0 aromatic heterocycles. The maximum absolute atomic E-state index is 12.5. The monoisotopic (exact) mass is 313 g/mol. The van der Waals surface area contributed by atoms with Crippen LogP contribution in [0.2, 0.25) is 0 Å². The first-order chi connectivity index (χ1) is 9.84. The van der Waals surface area contributed by atoms with E-state index in [1.807, 2.05) is 0 Å². The van der Waals surface area contributed by atoms with Gasteiger partial charge in [-0.25, -0.2) is 13.2 Å². The second kappa shape index (κ2) is 7.35. The van der Waals surface area contributed by atoms with Crippen molar-refractivity contribution in [2.24, 2.45) is 0 Å². The lowest BCUT2D eigenvalue weighted by Crippen LogP contribution is -2.34. The zero-order valence-electron chi connectivity index (χ0n) is 12.1. The Morgan fingerprint density at radius 3 is 2.67 bits per heavy atom. The van der Waals surface area contributed by atoms with E-state index in [4.69, 9.17) is 9.84 Å². The SMILES string of the molecule is C=CCN(CCOC)S(=O)(=O)c1ccc(C)c(C(=O)O)c1. The molecular weight excluding hydrogens is 294 g/mol. The van der Waals surface area contributed by atoms with Crippen molar-refractivity contribution in [3.8, 4) is 0 Å². The highest BCUT2D eigenvalue weighted by molar-refractivity contribution is 7.89. The van der Waals surface area contributed by atoms with Gasteiger partial charge in [-0.15, -0.1) is 6.58 Å². The number of aromatic carboxylic acids is 1. The average molecular weight is 313 g/mol. The van der Waals surface area contributed by atoms with Crippen LogP contribution in [0, 0.1) is 6.92 Å². The van der Waals surface area contributed by atoms with E-state index in [0.717, 1.165) is 0 Å². The van der Waals surface area contributed by atoms with Crippen LogP contribution in [0.3, 0.4) is 0 Å². The number of hydrogen-bond donors (Lipinski definition) is 1. The third-order valence-electron chi connectivity index (χ3n) is 2.95. The molecule has 6 nitrogen and oxygen atoms in total. The molecule has 1 aromatic rings. The van der Waals surface area contributed by atoms with E-state index in [9.17, 15) is 13.2 Å². The van der Waals surface area contributed by atoms with Gasteiger partial charge >= 0.3 is 5.97 Å². The number of sulfonamides is 1. The standard InChI is InChI=1S/C14H19NO5S/c1-4-7-15(8-9-20-3)21(18,19)12-6-5-11(2)13(10-12)14(16)17/h4-6,10H,1,7-9H2,2-3H3,(H,16,17). The smallest absolute Gasteiger partial charge is 0.335 e. The molecule has 21 heavy (non-hydrogen) atoms. The fourth-order valence-corrected chi connectivity index (χ4v) is 3.21. The lowest BCUT2D eigenvalue weighted by Gasteiger charge is -2.20. The molecule has 1 aromatic carbocycles. The summed E-state index contributed by atoms with van der Waals surface area (Å²) in [4.78, 5) is 11.1. The van der Waals surface area contributed by atoms with Crippen molar-refractivity contribution >= 4 is 16.0 Å². The molecule has 0 heterocycles. The molecule has 0 atom stereocenters. The van der Waals surface area contributed by atoms with E-state index in [1.54, 1.807) is 6.92 Å². The molecule has 1 N–H and O–H groups in total. The van der Waals surface area contributed by atoms with Gasteiger partial charge in [-0.05, 0) is 24.6 Å². The number of hydrogen-bond acceptors (Lipinski definition) is 4. The Labute approximate surface area is 124 Å². The van der Waals surface area contributed by atoms with E-state index in [2.05, 4.69) is 6.58 Å². The van der Waals surface area contributed by atoms with Crippen molar-refractivity contribution in [3.05, 3.63) is 42.0 Å². The molecule has 0 aliphatic rings. The van der Waals surface area contributed by atoms with Gasteiger partial charge in [0, 0.05) is 20.2 Å². The Morgan fingerprint density at radius 2 is 2.14 bits per heavy atom. The minimum Gasteiger partial charge on any atom is -0.478 e. The molecule has 116 valence electrons. The van der Waals surface area contributed by atoms with Gasteiger partial charge in [-0.1, -0.05) is 12.1 Å². The molecule has 0 saturated heterocycles. The summed E-state index contributed by atoms with van der Waals surface area (Å²) in [5.74, 6) is -1.16. The van der Waals surface area contributed by atoms with Crippen LogP contribution >= 0.6 is 0 Å². The van der Waals surface area contributed by atoms with Crippen LogP contribution in [0.5, 0.6) is 0 Å². The molecule has 7 heteroatoms. The van der Waals surface area contributed by atoms with Gasteiger partial charge in [0.05, 0.1) is 17.1 Å². The maximum atomic E-state index is 12.5. The van der Waals surface area contributed by atoms with Crippen LogP contribution in [-0.2, 0) is 14.8 Å². The van der Waals surface area contributed by atoms with Crippen LogP contribution in [0.15, 0.2) is 35.7 Å². The normalized spacial score (nSPS) is 11.6. The molecule has 0 spiro atoms. The number of methoxy groups -OCH3 is 1. The van der Waals surface area contributed by atoms with Gasteiger partial charge in [0.2, 0.25) is 10.0 Å². The minimum atomic E-state index is -3.79. The number of nitrogens with zero attached hydrogens (tertiary/aromatic N) is 1. The summed E-state index contributed by atoms with van der Waals surface area (Å²) in [5, 5.41) is 9.09. The molecule has 0 amide bonds. The van der Waals surface area contributed by atoms with Crippen molar-refractivity contribution in [2.45, 2.75) is 11.8 Å². The van der Waals surface area contributed by atoms with Crippen LogP contribution in [0.25, 0.3) is 0 Å². The molecule has 0 bridgehead atoms. The van der Waals surface area contributed by atoms with Crippen LogP contribution < -0.4 is 0 Å². The van der Waals surface area contributed by atoms with E-state index in [0.29, 0.717) is 5.56 Å². The Hall–Kier alpha value is -1.70. The van der Waals surface area contributed by atoms with E-state index < -0.39 is 16.0 Å². The van der Waals surface area contributed by atoms with Crippen LogP contribution in [-0.4, -0.2) is 50.6 Å². The highest BCUT2D eigenvalue weighted by Gasteiger charge is 2.24. The van der Waals surface area contributed by atoms with Crippen LogP contribution in [0.1, 0.15) is 15.9 Å². The summed E-state index contributed by atoms with van der Waals surface area (Å²) in [6.07, 6.45) is 1.47. The van der Waals surface area contributed by atoms with Gasteiger partial charge < -0.3 is 9.84 Å². The maximum Gasteiger partial charge on any atom is 0.335 e. The minimum absolute atomic E-state index is 0.0265. The number of carbonyl (C=O) groups is 1. The summed E-state index contributed by atoms with van der Waals surface area (Å²) < 4.78 is 31.2. The predicted octanol–water partition coefficient (Wildman–Crippen LogP) is 1.52. The summed E-state index contributed by atoms with van der Waals surface area (Å²) >= 11 is 0. The fraction of sp³-hybridized carbons (Fsp3) is 0.357. The molecule has 0 fully saturated rings. The van der Waals surface area contributed by atoms with Crippen LogP contribution in [0.4, 0.5) is 0 Å². The Kier molecular flexibility index (Phi) is 6.07.